The van der Waals surface area contributed by atoms with Gasteiger partial charge in [-0.1, -0.05) is 28.5 Å². The van der Waals surface area contributed by atoms with Crippen LogP contribution in [0.25, 0.3) is 11.2 Å². The van der Waals surface area contributed by atoms with Gasteiger partial charge in [0.1, 0.15) is 30.1 Å². The van der Waals surface area contributed by atoms with Crippen molar-refractivity contribution in [2.45, 2.75) is 31.8 Å². The first-order chi connectivity index (χ1) is 16.3. The van der Waals surface area contributed by atoms with Crippen molar-refractivity contribution in [1.82, 2.24) is 19.5 Å². The Labute approximate surface area is 205 Å². The van der Waals surface area contributed by atoms with E-state index in [-0.39, 0.29) is 18.2 Å². The highest BCUT2D eigenvalue weighted by Gasteiger charge is 2.43. The standard InChI is InChI=1S/C13H22N5O12P3S2/c1-2-34-35-7-26-8-3-10(18-6-17-11-12(14)15-5-16-13(11)18)28-9(8)4-27-32(22,23)30-33(24,25)29-31(19,20)21/h5-6,8-10H,2-4,7H2,1H3,(H,22,23)(H,24,25)(H2,14,15,16)(H2,19,20,21)/t8-,9-,10-/m1/s1. The molecule has 3 rings (SSSR count). The van der Waals surface area contributed by atoms with Crippen molar-refractivity contribution in [1.29, 1.82) is 0 Å². The van der Waals surface area contributed by atoms with Crippen LogP contribution in [0.4, 0.5) is 5.82 Å². The van der Waals surface area contributed by atoms with Crippen LogP contribution in [-0.2, 0) is 36.3 Å². The van der Waals surface area contributed by atoms with Crippen molar-refractivity contribution in [3.8, 4) is 0 Å². The maximum absolute atomic E-state index is 12.1. The van der Waals surface area contributed by atoms with Gasteiger partial charge in [0.05, 0.1) is 19.0 Å². The summed E-state index contributed by atoms with van der Waals surface area (Å²) in [5.41, 5.74) is 6.54. The fourth-order valence-corrected chi connectivity index (χ4v) is 7.35. The second-order valence-corrected chi connectivity index (χ2v) is 13.8. The molecule has 1 fully saturated rings. The molecular weight excluding hydrogens is 575 g/mol. The van der Waals surface area contributed by atoms with Crippen LogP contribution in [0, 0.1) is 0 Å². The number of aromatic nitrogens is 4. The van der Waals surface area contributed by atoms with E-state index in [1.54, 1.807) is 15.4 Å². The van der Waals surface area contributed by atoms with E-state index in [0.29, 0.717) is 11.2 Å². The van der Waals surface area contributed by atoms with Gasteiger partial charge in [-0.05, 0) is 0 Å². The molecule has 2 unspecified atom stereocenters. The highest BCUT2D eigenvalue weighted by molar-refractivity contribution is 8.76. The van der Waals surface area contributed by atoms with Gasteiger partial charge in [0.25, 0.3) is 0 Å². The lowest BCUT2D eigenvalue weighted by Gasteiger charge is -2.21. The normalized spacial score (nSPS) is 24.4. The summed E-state index contributed by atoms with van der Waals surface area (Å²) in [4.78, 5) is 48.5. The van der Waals surface area contributed by atoms with Crippen LogP contribution in [0.1, 0.15) is 19.6 Å². The molecule has 1 aliphatic heterocycles. The lowest BCUT2D eigenvalue weighted by atomic mass is 10.2. The molecule has 0 amide bonds. The Hall–Kier alpha value is -0.620. The van der Waals surface area contributed by atoms with Gasteiger partial charge in [-0.15, -0.1) is 0 Å². The van der Waals surface area contributed by atoms with E-state index in [2.05, 4.69) is 23.6 Å². The van der Waals surface area contributed by atoms with Crippen LogP contribution in [0.5, 0.6) is 0 Å². The number of phosphoric ester groups is 1. The predicted molar refractivity (Wildman–Crippen MR) is 124 cm³/mol. The molecule has 0 spiro atoms. The Kier molecular flexibility index (Phi) is 9.79. The van der Waals surface area contributed by atoms with Crippen molar-refractivity contribution in [2.75, 3.05) is 24.0 Å². The second-order valence-electron chi connectivity index (χ2n) is 6.68. The van der Waals surface area contributed by atoms with Gasteiger partial charge < -0.3 is 34.8 Å². The number of rotatable bonds is 13. The summed E-state index contributed by atoms with van der Waals surface area (Å²) >= 11 is 0. The molecule has 2 aromatic heterocycles. The minimum Gasteiger partial charge on any atom is -0.382 e. The molecular formula is C13H22N5O12P3S2. The van der Waals surface area contributed by atoms with E-state index in [4.69, 9.17) is 29.5 Å². The van der Waals surface area contributed by atoms with Gasteiger partial charge in [-0.2, -0.15) is 8.62 Å². The van der Waals surface area contributed by atoms with Crippen molar-refractivity contribution in [3.63, 3.8) is 0 Å². The third-order valence-electron chi connectivity index (χ3n) is 4.23. The number of nitrogen functional groups attached to an aromatic ring is 1. The molecule has 3 heterocycles. The maximum Gasteiger partial charge on any atom is 0.490 e. The quantitative estimate of drug-likeness (QED) is 0.0955. The smallest absolute Gasteiger partial charge is 0.382 e. The fraction of sp³-hybridized carbons (Fsp3) is 0.615. The predicted octanol–water partition coefficient (Wildman–Crippen LogP) is 1.78. The van der Waals surface area contributed by atoms with Crippen LogP contribution in [0.2, 0.25) is 0 Å². The fourth-order valence-electron chi connectivity index (χ4n) is 2.98. The Bertz CT molecular complexity index is 1170. The first-order valence-electron chi connectivity index (χ1n) is 9.53. The molecule has 1 saturated heterocycles. The van der Waals surface area contributed by atoms with Gasteiger partial charge in [-0.3, -0.25) is 9.09 Å². The van der Waals surface area contributed by atoms with Crippen LogP contribution in [0.15, 0.2) is 12.7 Å². The molecule has 22 heteroatoms. The lowest BCUT2D eigenvalue weighted by molar-refractivity contribution is -0.0522. The van der Waals surface area contributed by atoms with E-state index in [9.17, 15) is 23.5 Å². The molecule has 198 valence electrons. The van der Waals surface area contributed by atoms with Crippen LogP contribution < -0.4 is 5.73 Å². The molecule has 6 N–H and O–H groups in total. The third kappa shape index (κ3) is 8.45. The molecule has 0 bridgehead atoms. The zero-order valence-corrected chi connectivity index (χ0v) is 22.1. The van der Waals surface area contributed by atoms with E-state index >= 15 is 0 Å². The minimum atomic E-state index is -5.64. The zero-order chi connectivity index (χ0) is 25.9. The first-order valence-corrected chi connectivity index (χ1v) is 16.5. The van der Waals surface area contributed by atoms with E-state index in [1.807, 2.05) is 6.92 Å². The summed E-state index contributed by atoms with van der Waals surface area (Å²) in [6.07, 6.45) is 0.617. The molecule has 1 aliphatic rings. The van der Waals surface area contributed by atoms with Crippen LogP contribution in [0.3, 0.4) is 0 Å². The number of phosphoric acid groups is 3. The summed E-state index contributed by atoms with van der Waals surface area (Å²) < 4.78 is 59.9. The average molecular weight is 597 g/mol. The molecule has 0 aromatic carbocycles. The molecule has 35 heavy (non-hydrogen) atoms. The highest BCUT2D eigenvalue weighted by atomic mass is 33.1. The number of nitrogens with two attached hydrogens (primary N) is 1. The molecule has 0 aliphatic carbocycles. The third-order valence-corrected chi connectivity index (χ3v) is 10.2. The number of fused-ring (bicyclic) bond motifs is 1. The Morgan fingerprint density at radius 1 is 1.14 bits per heavy atom. The zero-order valence-electron chi connectivity index (χ0n) is 17.8. The number of anilines is 1. The molecule has 17 nitrogen and oxygen atoms in total. The van der Waals surface area contributed by atoms with E-state index in [1.165, 1.54) is 23.4 Å². The Balaban J connectivity index is 1.71. The molecule has 5 atom stereocenters. The highest BCUT2D eigenvalue weighted by Crippen LogP contribution is 2.66. The van der Waals surface area contributed by atoms with Gasteiger partial charge in [0.15, 0.2) is 11.5 Å². The largest absolute Gasteiger partial charge is 0.490 e. The maximum atomic E-state index is 12.1. The molecule has 0 radical (unpaired) electrons. The minimum absolute atomic E-state index is 0.164. The lowest BCUT2D eigenvalue weighted by Crippen LogP contribution is -2.28. The topological polar surface area (TPSA) is 248 Å². The average Bonchev–Trinajstić information content (AvgIpc) is 3.32. The van der Waals surface area contributed by atoms with Gasteiger partial charge in [0, 0.05) is 12.2 Å². The summed E-state index contributed by atoms with van der Waals surface area (Å²) in [7, 11) is -13.5. The number of ether oxygens (including phenoxy) is 2. The number of imidazole rings is 1. The SMILES string of the molecule is CCSSCO[C@@H]1C[C@H](n2cnc3c(N)ncnc32)O[C@@H]1COP(=O)(O)OP(=O)(O)OP(=O)(O)O. The van der Waals surface area contributed by atoms with Crippen molar-refractivity contribution in [3.05, 3.63) is 12.7 Å². The number of hydrogen-bond donors (Lipinski definition) is 5. The summed E-state index contributed by atoms with van der Waals surface area (Å²) in [5, 5.41) is 0. The van der Waals surface area contributed by atoms with Crippen molar-refractivity contribution >= 4 is 62.0 Å². The van der Waals surface area contributed by atoms with Crippen molar-refractivity contribution < 1.29 is 55.9 Å². The van der Waals surface area contributed by atoms with E-state index < -0.39 is 48.5 Å². The summed E-state index contributed by atoms with van der Waals surface area (Å²) in [6, 6.07) is 0. The van der Waals surface area contributed by atoms with Gasteiger partial charge in [-0.25, -0.2) is 28.6 Å². The monoisotopic (exact) mass is 597 g/mol. The second kappa shape index (κ2) is 11.8. The Morgan fingerprint density at radius 3 is 2.57 bits per heavy atom. The van der Waals surface area contributed by atoms with Gasteiger partial charge >= 0.3 is 23.5 Å². The van der Waals surface area contributed by atoms with Crippen molar-refractivity contribution in [2.24, 2.45) is 0 Å². The number of nitrogens with zero attached hydrogens (tertiary/aromatic N) is 4. The van der Waals surface area contributed by atoms with Crippen LogP contribution >= 0.6 is 45.1 Å². The summed E-state index contributed by atoms with van der Waals surface area (Å²) in [6.45, 7) is 1.32. The van der Waals surface area contributed by atoms with E-state index in [0.717, 1.165) is 5.75 Å². The van der Waals surface area contributed by atoms with Gasteiger partial charge in [0.2, 0.25) is 0 Å². The first kappa shape index (κ1) is 28.9. The summed E-state index contributed by atoms with van der Waals surface area (Å²) in [5.74, 6) is 1.26. The molecule has 2 aromatic rings. The number of hydrogen-bond acceptors (Lipinski definition) is 14. The Morgan fingerprint density at radius 2 is 1.89 bits per heavy atom. The molecule has 0 saturated carbocycles. The van der Waals surface area contributed by atoms with Crippen LogP contribution in [-0.4, -0.2) is 69.6 Å².